The molecule has 2 aliphatic heterocycles. The first-order valence-electron chi connectivity index (χ1n) is 12.8. The highest BCUT2D eigenvalue weighted by Crippen LogP contribution is 2.44. The molecule has 0 saturated carbocycles. The number of benzene rings is 2. The summed E-state index contributed by atoms with van der Waals surface area (Å²) >= 11 is 0. The number of pyridine rings is 1. The number of rotatable bonds is 5. The van der Waals surface area contributed by atoms with Crippen LogP contribution in [0.5, 0.6) is 0 Å². The topological polar surface area (TPSA) is 42.4 Å². The third kappa shape index (κ3) is 6.00. The fourth-order valence-electron chi connectivity index (χ4n) is 5.56. The molecule has 5 rings (SSSR count). The predicted octanol–water partition coefficient (Wildman–Crippen LogP) is 7.49. The number of nitrogens with zero attached hydrogens (tertiary/aromatic N) is 2. The van der Waals surface area contributed by atoms with E-state index in [9.17, 15) is 35.5 Å². The van der Waals surface area contributed by atoms with Crippen LogP contribution in [0.25, 0.3) is 5.57 Å². The van der Waals surface area contributed by atoms with Crippen molar-refractivity contribution in [3.05, 3.63) is 106 Å². The van der Waals surface area contributed by atoms with E-state index < -0.39 is 53.5 Å². The minimum absolute atomic E-state index is 0.0557. The van der Waals surface area contributed by atoms with Crippen LogP contribution in [0.15, 0.2) is 66.9 Å². The molecule has 1 fully saturated rings. The number of aryl methyl sites for hydroxylation is 1. The molecular weight excluding hydrogens is 553 g/mol. The molecule has 1 saturated heterocycles. The van der Waals surface area contributed by atoms with Crippen LogP contribution in [0.1, 0.15) is 58.9 Å². The Balaban J connectivity index is 1.53. The number of amides is 1. The zero-order valence-corrected chi connectivity index (χ0v) is 21.9. The van der Waals surface area contributed by atoms with E-state index in [0.29, 0.717) is 17.7 Å². The van der Waals surface area contributed by atoms with Crippen molar-refractivity contribution in [3.8, 4) is 0 Å². The maximum absolute atomic E-state index is 13.8. The Kier molecular flexibility index (Phi) is 7.44. The molecular formula is C30H25F7N2O2. The van der Waals surface area contributed by atoms with E-state index >= 15 is 0 Å². The molecule has 4 nitrogen and oxygen atoms in total. The highest BCUT2D eigenvalue weighted by molar-refractivity contribution is 5.92. The summed E-state index contributed by atoms with van der Waals surface area (Å²) in [4.78, 5) is 19.1. The SMILES string of the molecule is Cc1cc(C2=CC3[C@H](c4ccc(F)cc4)C(O[C@H](C)c4cc(C(F)(F)F)cc(C(F)(F)F)c4)CN3C(=O)C2)ccn1. The first-order chi connectivity index (χ1) is 19.2. The molecule has 1 amide bonds. The summed E-state index contributed by atoms with van der Waals surface area (Å²) in [6.07, 6.45) is -8.34. The Morgan fingerprint density at radius 3 is 2.17 bits per heavy atom. The molecule has 41 heavy (non-hydrogen) atoms. The second kappa shape index (κ2) is 10.6. The largest absolute Gasteiger partial charge is 0.416 e. The summed E-state index contributed by atoms with van der Waals surface area (Å²) in [5, 5.41) is 0. The summed E-state index contributed by atoms with van der Waals surface area (Å²) < 4.78 is 101. The number of hydrogen-bond donors (Lipinski definition) is 0. The van der Waals surface area contributed by atoms with Crippen molar-refractivity contribution < 1.29 is 40.3 Å². The van der Waals surface area contributed by atoms with E-state index in [1.165, 1.54) is 19.1 Å². The number of ether oxygens (including phenoxy) is 1. The minimum Gasteiger partial charge on any atom is -0.368 e. The molecule has 3 aromatic rings. The Bertz CT molecular complexity index is 1450. The van der Waals surface area contributed by atoms with Gasteiger partial charge in [0.25, 0.3) is 0 Å². The van der Waals surface area contributed by atoms with Crippen molar-refractivity contribution in [3.63, 3.8) is 0 Å². The summed E-state index contributed by atoms with van der Waals surface area (Å²) in [5.41, 5.74) is -0.231. The summed E-state index contributed by atoms with van der Waals surface area (Å²) in [6.45, 7) is 3.25. The van der Waals surface area contributed by atoms with Gasteiger partial charge < -0.3 is 9.64 Å². The predicted molar refractivity (Wildman–Crippen MR) is 136 cm³/mol. The van der Waals surface area contributed by atoms with Crippen molar-refractivity contribution in [1.29, 1.82) is 0 Å². The fraction of sp³-hybridized carbons (Fsp3) is 0.333. The maximum atomic E-state index is 13.8. The van der Waals surface area contributed by atoms with Crippen molar-refractivity contribution in [2.24, 2.45) is 0 Å². The summed E-state index contributed by atoms with van der Waals surface area (Å²) in [7, 11) is 0. The van der Waals surface area contributed by atoms with E-state index in [-0.39, 0.29) is 30.5 Å². The zero-order valence-electron chi connectivity index (χ0n) is 21.9. The van der Waals surface area contributed by atoms with Gasteiger partial charge in [-0.1, -0.05) is 18.2 Å². The molecule has 1 aromatic heterocycles. The van der Waals surface area contributed by atoms with Crippen molar-refractivity contribution in [1.82, 2.24) is 9.88 Å². The van der Waals surface area contributed by atoms with Gasteiger partial charge in [0.1, 0.15) is 5.82 Å². The van der Waals surface area contributed by atoms with E-state index in [1.807, 2.05) is 19.1 Å². The van der Waals surface area contributed by atoms with Crippen LogP contribution in [0, 0.1) is 12.7 Å². The number of carbonyl (C=O) groups excluding carboxylic acids is 1. The number of alkyl halides is 6. The molecule has 0 bridgehead atoms. The van der Waals surface area contributed by atoms with Gasteiger partial charge in [-0.25, -0.2) is 4.39 Å². The fourth-order valence-corrected chi connectivity index (χ4v) is 5.56. The molecule has 11 heteroatoms. The molecule has 3 heterocycles. The highest BCUT2D eigenvalue weighted by Gasteiger charge is 2.47. The van der Waals surface area contributed by atoms with Gasteiger partial charge in [-0.05, 0) is 78.6 Å². The van der Waals surface area contributed by atoms with Gasteiger partial charge in [-0.3, -0.25) is 9.78 Å². The Morgan fingerprint density at radius 1 is 0.951 bits per heavy atom. The van der Waals surface area contributed by atoms with E-state index in [0.717, 1.165) is 16.8 Å². The van der Waals surface area contributed by atoms with E-state index in [4.69, 9.17) is 4.74 Å². The van der Waals surface area contributed by atoms with Gasteiger partial charge >= 0.3 is 12.4 Å². The van der Waals surface area contributed by atoms with Gasteiger partial charge in [0.2, 0.25) is 5.91 Å². The molecule has 0 N–H and O–H groups in total. The van der Waals surface area contributed by atoms with Crippen molar-refractivity contribution in [2.45, 2.75) is 56.8 Å². The van der Waals surface area contributed by atoms with Crippen LogP contribution >= 0.6 is 0 Å². The van der Waals surface area contributed by atoms with Crippen LogP contribution in [0.4, 0.5) is 30.7 Å². The molecule has 2 aliphatic rings. The normalized spacial score (nSPS) is 22.0. The standard InChI is InChI=1S/C30H25F7N2O2/c1-16-9-19(7-8-38-16)21-12-25-28(18-3-5-24(31)6-4-18)26(15-39(25)27(40)13-21)41-17(2)20-10-22(29(32,33)34)14-23(11-20)30(35,36)37/h3-12,14,17,25-26,28H,13,15H2,1-2H3/t17-,25?,26?,28+/m1/s1. The lowest BCUT2D eigenvalue weighted by atomic mass is 9.85. The first-order valence-corrected chi connectivity index (χ1v) is 12.8. The summed E-state index contributed by atoms with van der Waals surface area (Å²) in [5.74, 6) is -1.25. The second-order valence-electron chi connectivity index (χ2n) is 10.3. The number of fused-ring (bicyclic) bond motifs is 1. The van der Waals surface area contributed by atoms with Gasteiger partial charge in [0.15, 0.2) is 0 Å². The van der Waals surface area contributed by atoms with Crippen LogP contribution < -0.4 is 0 Å². The third-order valence-electron chi connectivity index (χ3n) is 7.52. The Labute approximate surface area is 231 Å². The number of carbonyl (C=O) groups is 1. The third-order valence-corrected chi connectivity index (χ3v) is 7.52. The zero-order chi connectivity index (χ0) is 29.7. The Hall–Kier alpha value is -3.73. The molecule has 0 aliphatic carbocycles. The van der Waals surface area contributed by atoms with Gasteiger partial charge in [-0.2, -0.15) is 26.3 Å². The minimum atomic E-state index is -5.00. The van der Waals surface area contributed by atoms with Gasteiger partial charge in [0, 0.05) is 24.4 Å². The first kappa shape index (κ1) is 28.8. The average Bonchev–Trinajstić information content (AvgIpc) is 3.26. The van der Waals surface area contributed by atoms with Crippen molar-refractivity contribution >= 4 is 11.5 Å². The van der Waals surface area contributed by atoms with Crippen LogP contribution in [-0.2, 0) is 21.9 Å². The van der Waals surface area contributed by atoms with Gasteiger partial charge in [-0.15, -0.1) is 0 Å². The molecule has 4 atom stereocenters. The lowest BCUT2D eigenvalue weighted by Gasteiger charge is -2.31. The molecule has 0 radical (unpaired) electrons. The lowest BCUT2D eigenvalue weighted by Crippen LogP contribution is -2.39. The monoisotopic (exact) mass is 578 g/mol. The Morgan fingerprint density at radius 2 is 1.59 bits per heavy atom. The smallest absolute Gasteiger partial charge is 0.368 e. The van der Waals surface area contributed by atoms with Crippen LogP contribution in [0.3, 0.4) is 0 Å². The van der Waals surface area contributed by atoms with Crippen LogP contribution in [0.2, 0.25) is 0 Å². The lowest BCUT2D eigenvalue weighted by molar-refractivity contribution is -0.143. The van der Waals surface area contributed by atoms with E-state index in [1.54, 1.807) is 29.3 Å². The molecule has 2 aromatic carbocycles. The summed E-state index contributed by atoms with van der Waals surface area (Å²) in [6, 6.07) is 10.0. The molecule has 216 valence electrons. The van der Waals surface area contributed by atoms with Crippen LogP contribution in [-0.4, -0.2) is 34.5 Å². The van der Waals surface area contributed by atoms with Gasteiger partial charge in [0.05, 0.1) is 35.8 Å². The maximum Gasteiger partial charge on any atom is 0.416 e. The number of halogens is 7. The quantitative estimate of drug-likeness (QED) is 0.295. The molecule has 2 unspecified atom stereocenters. The number of hydrogen-bond acceptors (Lipinski definition) is 3. The molecule has 0 spiro atoms. The average molecular weight is 579 g/mol. The van der Waals surface area contributed by atoms with E-state index in [2.05, 4.69) is 4.98 Å². The second-order valence-corrected chi connectivity index (χ2v) is 10.3. The number of aromatic nitrogens is 1. The highest BCUT2D eigenvalue weighted by atomic mass is 19.4. The van der Waals surface area contributed by atoms with Crippen molar-refractivity contribution in [2.75, 3.05) is 6.54 Å².